The van der Waals surface area contributed by atoms with Gasteiger partial charge in [-0.3, -0.25) is 0 Å². The van der Waals surface area contributed by atoms with E-state index in [0.29, 0.717) is 0 Å². The first-order valence-corrected chi connectivity index (χ1v) is 14.5. The van der Waals surface area contributed by atoms with Crippen LogP contribution in [0, 0.1) is 0 Å². The van der Waals surface area contributed by atoms with E-state index in [1.807, 2.05) is 24.3 Å². The zero-order chi connectivity index (χ0) is 28.3. The first-order chi connectivity index (χ1) is 21.3. The quantitative estimate of drug-likeness (QED) is 0.236. The molecule has 0 aliphatic rings. The Balaban J connectivity index is 1.16. The molecule has 3 nitrogen and oxygen atoms in total. The molecule has 1 N–H and O–H groups in total. The number of para-hydroxylation sites is 2. The summed E-state index contributed by atoms with van der Waals surface area (Å²) in [6, 6.07) is 50.9. The van der Waals surface area contributed by atoms with Crippen molar-refractivity contribution in [3.05, 3.63) is 146 Å². The van der Waals surface area contributed by atoms with Crippen LogP contribution in [-0.4, -0.2) is 0 Å². The van der Waals surface area contributed by atoms with Gasteiger partial charge in [0.2, 0.25) is 0 Å². The summed E-state index contributed by atoms with van der Waals surface area (Å²) < 4.78 is 12.5. The van der Waals surface area contributed by atoms with Crippen molar-refractivity contribution in [3.8, 4) is 22.3 Å². The van der Waals surface area contributed by atoms with E-state index in [4.69, 9.17) is 8.83 Å². The third kappa shape index (κ3) is 3.90. The number of furan rings is 2. The fourth-order valence-corrected chi connectivity index (χ4v) is 6.42. The zero-order valence-corrected chi connectivity index (χ0v) is 23.2. The normalized spacial score (nSPS) is 11.7. The Hall–Kier alpha value is -5.80. The number of anilines is 2. The van der Waals surface area contributed by atoms with Gasteiger partial charge in [0, 0.05) is 39.0 Å². The predicted octanol–water partition coefficient (Wildman–Crippen LogP) is 11.7. The summed E-state index contributed by atoms with van der Waals surface area (Å²) in [6.07, 6.45) is 0. The van der Waals surface area contributed by atoms with Gasteiger partial charge in [-0.05, 0) is 75.5 Å². The van der Waals surface area contributed by atoms with Crippen molar-refractivity contribution in [2.75, 3.05) is 5.32 Å². The van der Waals surface area contributed by atoms with Crippen LogP contribution in [0.25, 0.3) is 76.9 Å². The number of nitrogens with one attached hydrogen (secondary N) is 1. The highest BCUT2D eigenvalue weighted by Gasteiger charge is 2.16. The standard InChI is InChI=1S/C40H25NO2/c1-2-10-30-25(8-1)9-7-13-31(30)26-16-19-28(20-17-26)41-29-23-34(40-33-12-4-6-15-37(33)43-39(40)24-29)27-18-21-38-35(22-27)32-11-3-5-14-36(32)42-38/h1-24,41H. The maximum absolute atomic E-state index is 6.39. The molecule has 9 rings (SSSR count). The number of hydrogen-bond donors (Lipinski definition) is 1. The van der Waals surface area contributed by atoms with E-state index in [1.54, 1.807) is 0 Å². The van der Waals surface area contributed by atoms with Gasteiger partial charge >= 0.3 is 0 Å². The fraction of sp³-hybridized carbons (Fsp3) is 0. The number of benzene rings is 7. The first kappa shape index (κ1) is 23.9. The Bertz CT molecular complexity index is 2480. The lowest BCUT2D eigenvalue weighted by atomic mass is 9.97. The van der Waals surface area contributed by atoms with Gasteiger partial charge in [0.05, 0.1) is 0 Å². The Morgan fingerprint density at radius 3 is 1.88 bits per heavy atom. The summed E-state index contributed by atoms with van der Waals surface area (Å²) in [5.74, 6) is 0. The van der Waals surface area contributed by atoms with Crippen LogP contribution in [0.1, 0.15) is 0 Å². The molecule has 3 heteroatoms. The second-order valence-corrected chi connectivity index (χ2v) is 11.0. The average molecular weight is 552 g/mol. The van der Waals surface area contributed by atoms with E-state index in [2.05, 4.69) is 127 Å². The van der Waals surface area contributed by atoms with Crippen molar-refractivity contribution < 1.29 is 8.83 Å². The van der Waals surface area contributed by atoms with E-state index in [-0.39, 0.29) is 0 Å². The van der Waals surface area contributed by atoms with Gasteiger partial charge in [0.1, 0.15) is 22.3 Å². The molecular weight excluding hydrogens is 526 g/mol. The summed E-state index contributed by atoms with van der Waals surface area (Å²) in [6.45, 7) is 0. The molecule has 0 bridgehead atoms. The Morgan fingerprint density at radius 2 is 1.02 bits per heavy atom. The van der Waals surface area contributed by atoms with Crippen molar-refractivity contribution in [1.29, 1.82) is 0 Å². The van der Waals surface area contributed by atoms with Crippen molar-refractivity contribution in [1.82, 2.24) is 0 Å². The highest BCUT2D eigenvalue weighted by atomic mass is 16.3. The average Bonchev–Trinajstić information content (AvgIpc) is 3.62. The van der Waals surface area contributed by atoms with Crippen LogP contribution in [-0.2, 0) is 0 Å². The molecule has 0 fully saturated rings. The minimum atomic E-state index is 0.853. The summed E-state index contributed by atoms with van der Waals surface area (Å²) in [4.78, 5) is 0. The summed E-state index contributed by atoms with van der Waals surface area (Å²) in [5.41, 5.74) is 10.2. The number of hydrogen-bond acceptors (Lipinski definition) is 3. The van der Waals surface area contributed by atoms with Crippen LogP contribution in [0.3, 0.4) is 0 Å². The molecule has 0 aliphatic carbocycles. The van der Waals surface area contributed by atoms with Crippen LogP contribution < -0.4 is 5.32 Å². The Kier molecular flexibility index (Phi) is 5.20. The highest BCUT2D eigenvalue weighted by Crippen LogP contribution is 2.41. The van der Waals surface area contributed by atoms with Crippen molar-refractivity contribution in [3.63, 3.8) is 0 Å². The largest absolute Gasteiger partial charge is 0.456 e. The SMILES string of the molecule is c1ccc2c(-c3ccc(Nc4cc(-c5ccc6oc7ccccc7c6c5)c5c(c4)oc4ccccc45)cc3)cccc2c1. The molecule has 0 amide bonds. The summed E-state index contributed by atoms with van der Waals surface area (Å²) >= 11 is 0. The molecule has 9 aromatic rings. The van der Waals surface area contributed by atoms with E-state index in [0.717, 1.165) is 66.4 Å². The molecule has 2 heterocycles. The first-order valence-electron chi connectivity index (χ1n) is 14.5. The van der Waals surface area contributed by atoms with Gasteiger partial charge < -0.3 is 14.2 Å². The van der Waals surface area contributed by atoms with Gasteiger partial charge in [-0.2, -0.15) is 0 Å². The van der Waals surface area contributed by atoms with Gasteiger partial charge in [0.15, 0.2) is 0 Å². The molecule has 7 aromatic carbocycles. The van der Waals surface area contributed by atoms with E-state index in [1.165, 1.54) is 21.9 Å². The summed E-state index contributed by atoms with van der Waals surface area (Å²) in [7, 11) is 0. The molecular formula is C40H25NO2. The third-order valence-electron chi connectivity index (χ3n) is 8.44. The molecule has 0 radical (unpaired) electrons. The smallest absolute Gasteiger partial charge is 0.138 e. The van der Waals surface area contributed by atoms with E-state index in [9.17, 15) is 0 Å². The fourth-order valence-electron chi connectivity index (χ4n) is 6.42. The minimum Gasteiger partial charge on any atom is -0.456 e. The second kappa shape index (κ2) is 9.37. The Morgan fingerprint density at radius 1 is 0.372 bits per heavy atom. The molecule has 0 atom stereocenters. The van der Waals surface area contributed by atoms with Crippen LogP contribution >= 0.6 is 0 Å². The third-order valence-corrected chi connectivity index (χ3v) is 8.44. The lowest BCUT2D eigenvalue weighted by Crippen LogP contribution is -1.92. The van der Waals surface area contributed by atoms with Gasteiger partial charge in [-0.25, -0.2) is 0 Å². The maximum atomic E-state index is 6.39. The van der Waals surface area contributed by atoms with Crippen LogP contribution in [0.4, 0.5) is 11.4 Å². The molecule has 0 unspecified atom stereocenters. The molecule has 0 spiro atoms. The number of fused-ring (bicyclic) bond motifs is 7. The second-order valence-electron chi connectivity index (χ2n) is 11.0. The monoisotopic (exact) mass is 551 g/mol. The summed E-state index contributed by atoms with van der Waals surface area (Å²) in [5, 5.41) is 10.6. The molecule has 0 aliphatic heterocycles. The van der Waals surface area contributed by atoms with E-state index < -0.39 is 0 Å². The van der Waals surface area contributed by atoms with Gasteiger partial charge in [0.25, 0.3) is 0 Å². The molecule has 2 aromatic heterocycles. The van der Waals surface area contributed by atoms with Crippen LogP contribution in [0.2, 0.25) is 0 Å². The maximum Gasteiger partial charge on any atom is 0.138 e. The molecule has 0 saturated heterocycles. The lowest BCUT2D eigenvalue weighted by Gasteiger charge is -2.12. The van der Waals surface area contributed by atoms with Crippen molar-refractivity contribution in [2.45, 2.75) is 0 Å². The van der Waals surface area contributed by atoms with Crippen molar-refractivity contribution >= 4 is 66.0 Å². The minimum absolute atomic E-state index is 0.853. The van der Waals surface area contributed by atoms with Gasteiger partial charge in [-0.1, -0.05) is 97.1 Å². The molecule has 202 valence electrons. The topological polar surface area (TPSA) is 38.3 Å². The predicted molar refractivity (Wildman–Crippen MR) is 179 cm³/mol. The zero-order valence-electron chi connectivity index (χ0n) is 23.2. The van der Waals surface area contributed by atoms with Crippen LogP contribution in [0.5, 0.6) is 0 Å². The highest BCUT2D eigenvalue weighted by molar-refractivity contribution is 6.15. The molecule has 43 heavy (non-hydrogen) atoms. The van der Waals surface area contributed by atoms with E-state index >= 15 is 0 Å². The van der Waals surface area contributed by atoms with Crippen molar-refractivity contribution in [2.24, 2.45) is 0 Å². The Labute approximate surface area is 247 Å². The lowest BCUT2D eigenvalue weighted by molar-refractivity contribution is 0.669. The molecule has 0 saturated carbocycles. The van der Waals surface area contributed by atoms with Crippen LogP contribution in [0.15, 0.2) is 154 Å². The van der Waals surface area contributed by atoms with Gasteiger partial charge in [-0.15, -0.1) is 0 Å². The number of rotatable bonds is 4.